The Labute approximate surface area is 140 Å². The topological polar surface area (TPSA) is 58.6 Å². The van der Waals surface area contributed by atoms with Crippen LogP contribution in [-0.4, -0.2) is 17.8 Å². The Morgan fingerprint density at radius 3 is 2.71 bits per heavy atom. The highest BCUT2D eigenvalue weighted by Crippen LogP contribution is 2.44. The first-order valence-corrected chi connectivity index (χ1v) is 7.81. The first-order valence-electron chi connectivity index (χ1n) is 7.81. The van der Waals surface area contributed by atoms with Crippen molar-refractivity contribution < 1.29 is 19.0 Å². The molecule has 1 amide bonds. The van der Waals surface area contributed by atoms with Crippen LogP contribution in [0, 0.1) is 18.2 Å². The number of hydrogen-bond acceptors (Lipinski definition) is 2. The van der Waals surface area contributed by atoms with E-state index in [1.165, 1.54) is 6.07 Å². The molecule has 2 aromatic rings. The highest BCUT2D eigenvalue weighted by atomic mass is 19.1. The molecule has 0 fully saturated rings. The van der Waals surface area contributed by atoms with Gasteiger partial charge < -0.3 is 15.2 Å². The number of hydrogen-bond donors (Lipinski definition) is 2. The summed E-state index contributed by atoms with van der Waals surface area (Å²) in [6.07, 6.45) is -1.07. The van der Waals surface area contributed by atoms with Gasteiger partial charge in [-0.2, -0.15) is 0 Å². The second-order valence-electron chi connectivity index (χ2n) is 6.90. The number of carbonyl (C=O) groups is 1. The minimum atomic E-state index is -1.07. The van der Waals surface area contributed by atoms with Crippen LogP contribution in [0.3, 0.4) is 0 Å². The summed E-state index contributed by atoms with van der Waals surface area (Å²) in [6, 6.07) is 10.1. The fourth-order valence-corrected chi connectivity index (χ4v) is 3.08. The monoisotopic (exact) mass is 329 g/mol. The quantitative estimate of drug-likeness (QED) is 0.851. The predicted octanol–water partition coefficient (Wildman–Crippen LogP) is 4.53. The van der Waals surface area contributed by atoms with Crippen LogP contribution in [0.1, 0.15) is 31.0 Å². The van der Waals surface area contributed by atoms with Crippen LogP contribution in [-0.2, 0) is 0 Å². The molecule has 0 spiro atoms. The van der Waals surface area contributed by atoms with E-state index in [0.29, 0.717) is 23.5 Å². The van der Waals surface area contributed by atoms with E-state index in [2.05, 4.69) is 5.32 Å². The number of benzene rings is 2. The molecule has 1 aliphatic heterocycles. The normalized spacial score (nSPS) is 18.4. The molecule has 24 heavy (non-hydrogen) atoms. The molecule has 1 unspecified atom stereocenters. The molecule has 0 saturated heterocycles. The van der Waals surface area contributed by atoms with E-state index in [1.54, 1.807) is 18.2 Å². The zero-order chi connectivity index (χ0) is 17.5. The van der Waals surface area contributed by atoms with Crippen LogP contribution >= 0.6 is 0 Å². The number of carboxylic acid groups (broad SMARTS) is 1. The van der Waals surface area contributed by atoms with Gasteiger partial charge in [0.1, 0.15) is 11.6 Å². The minimum absolute atomic E-state index is 0.286. The van der Waals surface area contributed by atoms with Gasteiger partial charge in [-0.25, -0.2) is 9.18 Å². The molecule has 2 N–H and O–H groups in total. The second kappa shape index (κ2) is 5.82. The molecule has 5 heteroatoms. The Bertz CT molecular complexity index is 801. The average Bonchev–Trinajstić information content (AvgIpc) is 2.50. The number of rotatable bonds is 2. The number of fused-ring (bicyclic) bond motifs is 1. The lowest BCUT2D eigenvalue weighted by molar-refractivity contribution is 0.0996. The van der Waals surface area contributed by atoms with Gasteiger partial charge in [0.2, 0.25) is 0 Å². The van der Waals surface area contributed by atoms with Crippen LogP contribution in [0.15, 0.2) is 36.4 Å². The van der Waals surface area contributed by atoms with Gasteiger partial charge in [-0.05, 0) is 30.2 Å². The Balaban J connectivity index is 2.04. The van der Waals surface area contributed by atoms with Crippen molar-refractivity contribution >= 4 is 6.09 Å². The maximum Gasteiger partial charge on any atom is 0.405 e. The molecular weight excluding hydrogens is 309 g/mol. The fraction of sp³-hybridized carbons (Fsp3) is 0.316. The van der Waals surface area contributed by atoms with Crippen molar-refractivity contribution in [3.05, 3.63) is 53.3 Å². The van der Waals surface area contributed by atoms with Gasteiger partial charge in [0.15, 0.2) is 0 Å². The van der Waals surface area contributed by atoms with Crippen LogP contribution in [0.4, 0.5) is 9.18 Å². The molecule has 0 saturated carbocycles. The van der Waals surface area contributed by atoms with Gasteiger partial charge >= 0.3 is 6.09 Å². The lowest BCUT2D eigenvalue weighted by Crippen LogP contribution is -2.43. The van der Waals surface area contributed by atoms with Crippen LogP contribution in [0.2, 0.25) is 0 Å². The van der Waals surface area contributed by atoms with E-state index in [0.717, 1.165) is 11.1 Å². The van der Waals surface area contributed by atoms with E-state index < -0.39 is 6.09 Å². The van der Waals surface area contributed by atoms with Crippen molar-refractivity contribution in [2.45, 2.75) is 26.8 Å². The molecule has 126 valence electrons. The van der Waals surface area contributed by atoms with Gasteiger partial charge in [0, 0.05) is 16.5 Å². The molecule has 4 nitrogen and oxygen atoms in total. The second-order valence-corrected chi connectivity index (χ2v) is 6.90. The van der Waals surface area contributed by atoms with E-state index in [9.17, 15) is 9.18 Å². The molecule has 1 atom stereocenters. The molecule has 0 radical (unpaired) electrons. The fourth-order valence-electron chi connectivity index (χ4n) is 3.08. The predicted molar refractivity (Wildman–Crippen MR) is 89.8 cm³/mol. The third-order valence-electron chi connectivity index (χ3n) is 4.41. The lowest BCUT2D eigenvalue weighted by atomic mass is 9.78. The number of nitrogens with one attached hydrogen (secondary N) is 1. The maximum atomic E-state index is 14.2. The van der Waals surface area contributed by atoms with Crippen LogP contribution in [0.5, 0.6) is 5.75 Å². The van der Waals surface area contributed by atoms with Crippen molar-refractivity contribution in [3.8, 4) is 16.9 Å². The van der Waals surface area contributed by atoms with Crippen LogP contribution in [0.25, 0.3) is 11.1 Å². The summed E-state index contributed by atoms with van der Waals surface area (Å²) in [5.74, 6) is 0.303. The summed E-state index contributed by atoms with van der Waals surface area (Å²) in [5, 5.41) is 11.7. The van der Waals surface area contributed by atoms with Gasteiger partial charge in [0.05, 0.1) is 12.6 Å². The maximum absolute atomic E-state index is 14.2. The summed E-state index contributed by atoms with van der Waals surface area (Å²) in [7, 11) is 0. The van der Waals surface area contributed by atoms with Gasteiger partial charge in [-0.3, -0.25) is 0 Å². The van der Waals surface area contributed by atoms with E-state index in [4.69, 9.17) is 9.84 Å². The molecule has 1 aliphatic rings. The van der Waals surface area contributed by atoms with Crippen molar-refractivity contribution in [2.75, 3.05) is 6.61 Å². The molecule has 0 aromatic heterocycles. The molecule has 1 heterocycles. The smallest absolute Gasteiger partial charge is 0.405 e. The van der Waals surface area contributed by atoms with Crippen molar-refractivity contribution in [2.24, 2.45) is 5.41 Å². The average molecular weight is 329 g/mol. The van der Waals surface area contributed by atoms with E-state index in [1.807, 2.05) is 32.9 Å². The summed E-state index contributed by atoms with van der Waals surface area (Å²) in [5.41, 5.74) is 2.46. The number of aryl methyl sites for hydroxylation is 1. The molecule has 3 rings (SSSR count). The Morgan fingerprint density at radius 2 is 2.04 bits per heavy atom. The largest absolute Gasteiger partial charge is 0.493 e. The first kappa shape index (κ1) is 16.3. The summed E-state index contributed by atoms with van der Waals surface area (Å²) in [6.45, 7) is 6.12. The first-order chi connectivity index (χ1) is 11.3. The Hall–Kier alpha value is -2.56. The lowest BCUT2D eigenvalue weighted by Gasteiger charge is -2.39. The van der Waals surface area contributed by atoms with Gasteiger partial charge in [0.25, 0.3) is 0 Å². The Kier molecular flexibility index (Phi) is 3.95. The van der Waals surface area contributed by atoms with Crippen molar-refractivity contribution in [3.63, 3.8) is 0 Å². The Morgan fingerprint density at radius 1 is 1.29 bits per heavy atom. The molecule has 2 aromatic carbocycles. The third-order valence-corrected chi connectivity index (χ3v) is 4.41. The van der Waals surface area contributed by atoms with Gasteiger partial charge in [-0.15, -0.1) is 0 Å². The third kappa shape index (κ3) is 2.94. The summed E-state index contributed by atoms with van der Waals surface area (Å²) < 4.78 is 20.0. The van der Waals surface area contributed by atoms with E-state index >= 15 is 0 Å². The number of amides is 1. The molecule has 0 aliphatic carbocycles. The van der Waals surface area contributed by atoms with Gasteiger partial charge in [-0.1, -0.05) is 38.1 Å². The highest BCUT2D eigenvalue weighted by molar-refractivity contribution is 5.69. The summed E-state index contributed by atoms with van der Waals surface area (Å²) >= 11 is 0. The SMILES string of the molecule is Cc1ccc(-c2ccc3c(c2)OCC(C)(C)C3NC(=O)O)c(F)c1. The molecular formula is C19H20FNO3. The van der Waals surface area contributed by atoms with Crippen LogP contribution < -0.4 is 10.1 Å². The number of halogens is 1. The molecule has 0 bridgehead atoms. The standard InChI is InChI=1S/C19H20FNO3/c1-11-4-6-13(15(20)8-11)12-5-7-14-16(9-12)24-10-19(2,3)17(14)21-18(22)23/h4-9,17,21H,10H2,1-3H3,(H,22,23). The van der Waals surface area contributed by atoms with Crippen molar-refractivity contribution in [1.82, 2.24) is 5.32 Å². The van der Waals surface area contributed by atoms with Crippen molar-refractivity contribution in [1.29, 1.82) is 0 Å². The minimum Gasteiger partial charge on any atom is -0.493 e. The zero-order valence-electron chi connectivity index (χ0n) is 13.9. The zero-order valence-corrected chi connectivity index (χ0v) is 13.9. The summed E-state index contributed by atoms with van der Waals surface area (Å²) in [4.78, 5) is 11.1. The number of ether oxygens (including phenoxy) is 1. The van der Waals surface area contributed by atoms with E-state index in [-0.39, 0.29) is 17.3 Å². The highest BCUT2D eigenvalue weighted by Gasteiger charge is 2.38.